The lowest BCUT2D eigenvalue weighted by Crippen LogP contribution is -2.39. The standard InChI is InChI=1S/C23H29N3O4S/c1-5-28-17-10-12-18(13-11-17)30-16-21(27)26(15-14-25(3)4)23-24-22-19(29-6-2)8-7-9-20(22)31-23/h7-13H,5-6,14-16H2,1-4H3. The van der Waals surface area contributed by atoms with E-state index in [-0.39, 0.29) is 12.5 Å². The Morgan fingerprint density at radius 1 is 0.935 bits per heavy atom. The third-order valence-electron chi connectivity index (χ3n) is 4.47. The van der Waals surface area contributed by atoms with Gasteiger partial charge in [-0.1, -0.05) is 17.4 Å². The third kappa shape index (κ3) is 6.08. The molecule has 0 atom stereocenters. The molecule has 3 rings (SSSR count). The van der Waals surface area contributed by atoms with Crippen LogP contribution in [0.1, 0.15) is 13.8 Å². The first-order valence-electron chi connectivity index (χ1n) is 10.3. The number of benzene rings is 2. The number of hydrogen-bond donors (Lipinski definition) is 0. The first kappa shape index (κ1) is 22.8. The van der Waals surface area contributed by atoms with E-state index < -0.39 is 0 Å². The van der Waals surface area contributed by atoms with E-state index in [0.29, 0.717) is 37.2 Å². The Morgan fingerprint density at radius 2 is 1.61 bits per heavy atom. The summed E-state index contributed by atoms with van der Waals surface area (Å²) in [5, 5.41) is 0.643. The Kier molecular flexibility index (Phi) is 8.08. The van der Waals surface area contributed by atoms with E-state index in [1.165, 1.54) is 11.3 Å². The monoisotopic (exact) mass is 443 g/mol. The molecule has 0 fully saturated rings. The number of nitrogens with zero attached hydrogens (tertiary/aromatic N) is 3. The average molecular weight is 444 g/mol. The summed E-state index contributed by atoms with van der Waals surface area (Å²) in [6.45, 7) is 6.20. The lowest BCUT2D eigenvalue weighted by molar-refractivity contribution is -0.120. The van der Waals surface area contributed by atoms with E-state index in [1.54, 1.807) is 17.0 Å². The molecular weight excluding hydrogens is 414 g/mol. The van der Waals surface area contributed by atoms with E-state index in [1.807, 2.05) is 63.2 Å². The van der Waals surface area contributed by atoms with Gasteiger partial charge in [0, 0.05) is 13.1 Å². The molecule has 2 aromatic carbocycles. The van der Waals surface area contributed by atoms with Crippen LogP contribution in [0.2, 0.25) is 0 Å². The average Bonchev–Trinajstić information content (AvgIpc) is 3.18. The predicted octanol–water partition coefficient (Wildman–Crippen LogP) is 4.07. The van der Waals surface area contributed by atoms with Crippen LogP contribution in [0.5, 0.6) is 17.2 Å². The highest BCUT2D eigenvalue weighted by atomic mass is 32.1. The van der Waals surface area contributed by atoms with Crippen LogP contribution in [0.15, 0.2) is 42.5 Å². The zero-order valence-electron chi connectivity index (χ0n) is 18.5. The van der Waals surface area contributed by atoms with Crippen molar-refractivity contribution in [1.29, 1.82) is 0 Å². The number of carbonyl (C=O) groups is 1. The number of likely N-dealkylation sites (N-methyl/N-ethyl adjacent to an activating group) is 1. The first-order chi connectivity index (χ1) is 15.0. The van der Waals surface area contributed by atoms with Crippen molar-refractivity contribution in [3.8, 4) is 17.2 Å². The second-order valence-corrected chi connectivity index (χ2v) is 8.08. The summed E-state index contributed by atoms with van der Waals surface area (Å²) in [6, 6.07) is 13.1. The molecule has 166 valence electrons. The molecule has 1 heterocycles. The summed E-state index contributed by atoms with van der Waals surface area (Å²) < 4.78 is 17.9. The number of fused-ring (bicyclic) bond motifs is 1. The van der Waals surface area contributed by atoms with Gasteiger partial charge in [0.05, 0.1) is 17.9 Å². The normalized spacial score (nSPS) is 11.0. The molecule has 0 saturated heterocycles. The lowest BCUT2D eigenvalue weighted by atomic mass is 10.3. The molecule has 3 aromatic rings. The molecule has 1 amide bonds. The Hall–Kier alpha value is -2.84. The quantitative estimate of drug-likeness (QED) is 0.445. The summed E-state index contributed by atoms with van der Waals surface area (Å²) in [4.78, 5) is 21.5. The van der Waals surface area contributed by atoms with Gasteiger partial charge in [-0.05, 0) is 64.3 Å². The Bertz CT molecular complexity index is 988. The maximum atomic E-state index is 13.1. The van der Waals surface area contributed by atoms with Crippen molar-refractivity contribution in [2.75, 3.05) is 51.9 Å². The fourth-order valence-corrected chi connectivity index (χ4v) is 3.97. The number of hydrogen-bond acceptors (Lipinski definition) is 7. The number of amides is 1. The molecule has 0 radical (unpaired) electrons. The van der Waals surface area contributed by atoms with Crippen molar-refractivity contribution in [2.45, 2.75) is 13.8 Å². The van der Waals surface area contributed by atoms with Crippen LogP contribution < -0.4 is 19.1 Å². The van der Waals surface area contributed by atoms with Crippen LogP contribution in [-0.2, 0) is 4.79 Å². The van der Waals surface area contributed by atoms with E-state index >= 15 is 0 Å². The maximum Gasteiger partial charge on any atom is 0.266 e. The summed E-state index contributed by atoms with van der Waals surface area (Å²) in [5.41, 5.74) is 0.777. The molecule has 31 heavy (non-hydrogen) atoms. The number of anilines is 1. The molecule has 0 bridgehead atoms. The van der Waals surface area contributed by atoms with Crippen LogP contribution in [0.4, 0.5) is 5.13 Å². The first-order valence-corrected chi connectivity index (χ1v) is 11.2. The smallest absolute Gasteiger partial charge is 0.266 e. The highest BCUT2D eigenvalue weighted by molar-refractivity contribution is 7.22. The van der Waals surface area contributed by atoms with Crippen molar-refractivity contribution >= 4 is 32.6 Å². The summed E-state index contributed by atoms with van der Waals surface area (Å²) in [5.74, 6) is 1.97. The number of para-hydroxylation sites is 1. The minimum Gasteiger partial charge on any atom is -0.494 e. The predicted molar refractivity (Wildman–Crippen MR) is 125 cm³/mol. The molecule has 0 saturated carbocycles. The lowest BCUT2D eigenvalue weighted by Gasteiger charge is -2.22. The zero-order chi connectivity index (χ0) is 22.2. The fourth-order valence-electron chi connectivity index (χ4n) is 2.95. The largest absolute Gasteiger partial charge is 0.494 e. The Balaban J connectivity index is 1.77. The number of thiazole rings is 1. The van der Waals surface area contributed by atoms with Crippen molar-refractivity contribution < 1.29 is 19.0 Å². The third-order valence-corrected chi connectivity index (χ3v) is 5.51. The summed E-state index contributed by atoms with van der Waals surface area (Å²) >= 11 is 1.48. The Labute approximate surface area is 187 Å². The van der Waals surface area contributed by atoms with E-state index in [2.05, 4.69) is 0 Å². The van der Waals surface area contributed by atoms with Gasteiger partial charge >= 0.3 is 0 Å². The summed E-state index contributed by atoms with van der Waals surface area (Å²) in [6.07, 6.45) is 0. The minimum atomic E-state index is -0.146. The number of ether oxygens (including phenoxy) is 3. The zero-order valence-corrected chi connectivity index (χ0v) is 19.3. The minimum absolute atomic E-state index is 0.0738. The molecule has 0 aliphatic heterocycles. The van der Waals surface area contributed by atoms with Gasteiger partial charge in [0.25, 0.3) is 5.91 Å². The maximum absolute atomic E-state index is 13.1. The van der Waals surface area contributed by atoms with E-state index in [0.717, 1.165) is 21.7 Å². The molecule has 8 heteroatoms. The molecule has 0 aliphatic rings. The molecule has 0 unspecified atom stereocenters. The van der Waals surface area contributed by atoms with E-state index in [9.17, 15) is 4.79 Å². The molecule has 0 spiro atoms. The van der Waals surface area contributed by atoms with Crippen molar-refractivity contribution in [2.24, 2.45) is 0 Å². The highest BCUT2D eigenvalue weighted by Crippen LogP contribution is 2.34. The second-order valence-electron chi connectivity index (χ2n) is 7.07. The van der Waals surface area contributed by atoms with Crippen molar-refractivity contribution in [3.05, 3.63) is 42.5 Å². The molecule has 7 nitrogen and oxygen atoms in total. The van der Waals surface area contributed by atoms with Crippen molar-refractivity contribution in [1.82, 2.24) is 9.88 Å². The van der Waals surface area contributed by atoms with Gasteiger partial charge in [0.15, 0.2) is 11.7 Å². The van der Waals surface area contributed by atoms with Crippen LogP contribution in [0.3, 0.4) is 0 Å². The number of aromatic nitrogens is 1. The molecule has 0 N–H and O–H groups in total. The second kappa shape index (κ2) is 11.0. The van der Waals surface area contributed by atoms with E-state index in [4.69, 9.17) is 19.2 Å². The van der Waals surface area contributed by atoms with Crippen LogP contribution >= 0.6 is 11.3 Å². The van der Waals surface area contributed by atoms with Gasteiger partial charge in [0.2, 0.25) is 0 Å². The summed E-state index contributed by atoms with van der Waals surface area (Å²) in [7, 11) is 3.95. The van der Waals surface area contributed by atoms with Gasteiger partial charge in [0.1, 0.15) is 22.8 Å². The van der Waals surface area contributed by atoms with Gasteiger partial charge in [-0.3, -0.25) is 9.69 Å². The van der Waals surface area contributed by atoms with Crippen LogP contribution in [-0.4, -0.2) is 62.8 Å². The number of rotatable bonds is 11. The van der Waals surface area contributed by atoms with Gasteiger partial charge in [-0.25, -0.2) is 4.98 Å². The van der Waals surface area contributed by atoms with Gasteiger partial charge in [-0.2, -0.15) is 0 Å². The molecule has 1 aromatic heterocycles. The van der Waals surface area contributed by atoms with Crippen LogP contribution in [0.25, 0.3) is 10.2 Å². The van der Waals surface area contributed by atoms with Gasteiger partial charge < -0.3 is 19.1 Å². The fraction of sp³-hybridized carbons (Fsp3) is 0.391. The highest BCUT2D eigenvalue weighted by Gasteiger charge is 2.21. The van der Waals surface area contributed by atoms with Crippen LogP contribution in [0, 0.1) is 0 Å². The topological polar surface area (TPSA) is 64.1 Å². The van der Waals surface area contributed by atoms with Gasteiger partial charge in [-0.15, -0.1) is 0 Å². The Morgan fingerprint density at radius 3 is 2.26 bits per heavy atom. The SMILES string of the molecule is CCOc1ccc(OCC(=O)N(CCN(C)C)c2nc3c(OCC)cccc3s2)cc1. The number of carbonyl (C=O) groups excluding carboxylic acids is 1. The molecular formula is C23H29N3O4S. The molecule has 0 aliphatic carbocycles. The van der Waals surface area contributed by atoms with Crippen molar-refractivity contribution in [3.63, 3.8) is 0 Å².